The first kappa shape index (κ1) is 17.2. The second kappa shape index (κ2) is 6.17. The van der Waals surface area contributed by atoms with Gasteiger partial charge in [-0.15, -0.1) is 0 Å². The number of anilines is 1. The maximum Gasteiger partial charge on any atom is 0.243 e. The molecule has 0 aromatic heterocycles. The zero-order valence-electron chi connectivity index (χ0n) is 14.2. The van der Waals surface area contributed by atoms with Gasteiger partial charge in [-0.25, -0.2) is 12.8 Å². The molecule has 1 N–H and O–H groups in total. The van der Waals surface area contributed by atoms with E-state index in [1.807, 2.05) is 6.92 Å². The number of carbonyl (C=O) groups is 1. The Bertz CT molecular complexity index is 942. The summed E-state index contributed by atoms with van der Waals surface area (Å²) in [5.74, 6) is -0.471. The number of nitrogens with one attached hydrogen (secondary N) is 1. The molecule has 2 aromatic carbocycles. The summed E-state index contributed by atoms with van der Waals surface area (Å²) in [5.41, 5.74) is 1.42. The van der Waals surface area contributed by atoms with Crippen LogP contribution in [0, 0.1) is 24.6 Å². The lowest BCUT2D eigenvalue weighted by atomic mass is 10.2. The zero-order valence-corrected chi connectivity index (χ0v) is 15.0. The van der Waals surface area contributed by atoms with Crippen molar-refractivity contribution in [1.29, 1.82) is 0 Å². The number of hydrogen-bond donors (Lipinski definition) is 1. The second-order valence-corrected chi connectivity index (χ2v) is 8.88. The number of halogens is 1. The SMILES string of the molecule is Cc1ccc(S(=O)(=O)N2C[C@@H]3C[C@@H]3[C@@H]2C(=O)Nc2ccc(F)cc2)cc1. The first-order valence-electron chi connectivity index (χ1n) is 8.51. The molecule has 1 amide bonds. The van der Waals surface area contributed by atoms with E-state index < -0.39 is 21.9 Å². The molecule has 5 nitrogen and oxygen atoms in total. The molecule has 3 atom stereocenters. The maximum absolute atomic E-state index is 13.0. The highest BCUT2D eigenvalue weighted by Crippen LogP contribution is 2.51. The van der Waals surface area contributed by atoms with Crippen molar-refractivity contribution in [1.82, 2.24) is 4.31 Å². The van der Waals surface area contributed by atoms with Gasteiger partial charge in [0.25, 0.3) is 0 Å². The standard InChI is InChI=1S/C19H19FN2O3S/c1-12-2-8-16(9-3-12)26(24,25)22-11-13-10-17(13)18(22)19(23)21-15-6-4-14(20)5-7-15/h2-9,13,17-18H,10-11H2,1H3,(H,21,23)/t13-,17-,18+/m0/s1. The van der Waals surface area contributed by atoms with E-state index in [1.165, 1.54) is 28.6 Å². The van der Waals surface area contributed by atoms with Gasteiger partial charge in [0.1, 0.15) is 11.9 Å². The average Bonchev–Trinajstić information content (AvgIpc) is 3.26. The van der Waals surface area contributed by atoms with Crippen molar-refractivity contribution >= 4 is 21.6 Å². The van der Waals surface area contributed by atoms with Crippen LogP contribution in [0.1, 0.15) is 12.0 Å². The van der Waals surface area contributed by atoms with Gasteiger partial charge in [-0.2, -0.15) is 4.31 Å². The van der Waals surface area contributed by atoms with E-state index in [-0.39, 0.29) is 22.6 Å². The van der Waals surface area contributed by atoms with Gasteiger partial charge >= 0.3 is 0 Å². The number of piperidine rings is 1. The molecule has 0 bridgehead atoms. The highest BCUT2D eigenvalue weighted by atomic mass is 32.2. The van der Waals surface area contributed by atoms with Crippen LogP contribution in [0.15, 0.2) is 53.4 Å². The molecule has 1 aliphatic heterocycles. The van der Waals surface area contributed by atoms with Gasteiger partial charge < -0.3 is 5.32 Å². The van der Waals surface area contributed by atoms with Crippen molar-refractivity contribution in [3.8, 4) is 0 Å². The molecule has 2 aromatic rings. The van der Waals surface area contributed by atoms with Crippen LogP contribution in [0.5, 0.6) is 0 Å². The van der Waals surface area contributed by atoms with Gasteiger partial charge in [0.15, 0.2) is 0 Å². The molecule has 1 heterocycles. The number of aryl methyl sites for hydroxylation is 1. The van der Waals surface area contributed by atoms with Gasteiger partial charge in [0.2, 0.25) is 15.9 Å². The number of benzene rings is 2. The minimum atomic E-state index is -3.74. The maximum atomic E-state index is 13.0. The van der Waals surface area contributed by atoms with Crippen molar-refractivity contribution in [2.24, 2.45) is 11.8 Å². The first-order chi connectivity index (χ1) is 12.4. The van der Waals surface area contributed by atoms with Crippen LogP contribution < -0.4 is 5.32 Å². The van der Waals surface area contributed by atoms with Crippen molar-refractivity contribution in [3.63, 3.8) is 0 Å². The molecule has 1 saturated heterocycles. The Morgan fingerprint density at radius 3 is 2.42 bits per heavy atom. The molecule has 4 rings (SSSR count). The molecule has 136 valence electrons. The van der Waals surface area contributed by atoms with Gasteiger partial charge in [-0.3, -0.25) is 4.79 Å². The Labute approximate surface area is 151 Å². The Hall–Kier alpha value is -2.25. The summed E-state index contributed by atoms with van der Waals surface area (Å²) in [6, 6.07) is 11.4. The molecule has 2 fully saturated rings. The Balaban J connectivity index is 1.59. The molecule has 0 spiro atoms. The molecule has 0 radical (unpaired) electrons. The first-order valence-corrected chi connectivity index (χ1v) is 9.95. The quantitative estimate of drug-likeness (QED) is 0.895. The third kappa shape index (κ3) is 3.01. The lowest BCUT2D eigenvalue weighted by molar-refractivity contribution is -0.119. The van der Waals surface area contributed by atoms with Crippen LogP contribution in [-0.4, -0.2) is 31.2 Å². The van der Waals surface area contributed by atoms with Gasteiger partial charge in [-0.1, -0.05) is 17.7 Å². The van der Waals surface area contributed by atoms with Crippen molar-refractivity contribution in [2.75, 3.05) is 11.9 Å². The molecule has 1 saturated carbocycles. The van der Waals surface area contributed by atoms with Crippen LogP contribution in [0.4, 0.5) is 10.1 Å². The topological polar surface area (TPSA) is 66.5 Å². The normalized spacial score (nSPS) is 24.9. The minimum Gasteiger partial charge on any atom is -0.325 e. The number of hydrogen-bond acceptors (Lipinski definition) is 3. The fraction of sp³-hybridized carbons (Fsp3) is 0.316. The van der Waals surface area contributed by atoms with E-state index in [1.54, 1.807) is 24.3 Å². The van der Waals surface area contributed by atoms with Crippen LogP contribution >= 0.6 is 0 Å². The molecule has 1 aliphatic carbocycles. The third-order valence-corrected chi connectivity index (χ3v) is 6.98. The smallest absolute Gasteiger partial charge is 0.243 e. The number of sulfonamides is 1. The second-order valence-electron chi connectivity index (χ2n) is 6.99. The van der Waals surface area contributed by atoms with Crippen LogP contribution in [0.25, 0.3) is 0 Å². The fourth-order valence-electron chi connectivity index (χ4n) is 3.59. The summed E-state index contributed by atoms with van der Waals surface area (Å²) < 4.78 is 40.4. The summed E-state index contributed by atoms with van der Waals surface area (Å²) in [5, 5.41) is 2.72. The highest BCUT2D eigenvalue weighted by Gasteiger charge is 2.58. The van der Waals surface area contributed by atoms with E-state index in [0.717, 1.165) is 12.0 Å². The molecular weight excluding hydrogens is 355 g/mol. The van der Waals surface area contributed by atoms with E-state index in [9.17, 15) is 17.6 Å². The number of fused-ring (bicyclic) bond motifs is 1. The van der Waals surface area contributed by atoms with Crippen molar-refractivity contribution < 1.29 is 17.6 Å². The Morgan fingerprint density at radius 2 is 1.77 bits per heavy atom. The highest BCUT2D eigenvalue weighted by molar-refractivity contribution is 7.89. The predicted molar refractivity (Wildman–Crippen MR) is 95.5 cm³/mol. The predicted octanol–water partition coefficient (Wildman–Crippen LogP) is 2.78. The van der Waals surface area contributed by atoms with Gasteiger partial charge in [0.05, 0.1) is 4.90 Å². The summed E-state index contributed by atoms with van der Waals surface area (Å²) in [6.07, 6.45) is 0.863. The summed E-state index contributed by atoms with van der Waals surface area (Å²) in [4.78, 5) is 13.0. The van der Waals surface area contributed by atoms with Crippen LogP contribution in [-0.2, 0) is 14.8 Å². The lowest BCUT2D eigenvalue weighted by Gasteiger charge is -2.26. The zero-order chi connectivity index (χ0) is 18.5. The van der Waals surface area contributed by atoms with Gasteiger partial charge in [-0.05, 0) is 61.6 Å². The molecule has 7 heteroatoms. The fourth-order valence-corrected chi connectivity index (χ4v) is 5.28. The van der Waals surface area contributed by atoms with E-state index >= 15 is 0 Å². The van der Waals surface area contributed by atoms with Crippen molar-refractivity contribution in [3.05, 3.63) is 59.9 Å². The minimum absolute atomic E-state index is 0.0515. The van der Waals surface area contributed by atoms with Crippen LogP contribution in [0.3, 0.4) is 0 Å². The molecule has 26 heavy (non-hydrogen) atoms. The number of rotatable bonds is 4. The third-order valence-electron chi connectivity index (χ3n) is 5.12. The van der Waals surface area contributed by atoms with Gasteiger partial charge in [0, 0.05) is 12.2 Å². The van der Waals surface area contributed by atoms with E-state index in [0.29, 0.717) is 12.2 Å². The molecular formula is C19H19FN2O3S. The summed E-state index contributed by atoms with van der Waals surface area (Å²) >= 11 is 0. The molecule has 0 unspecified atom stereocenters. The van der Waals surface area contributed by atoms with E-state index in [4.69, 9.17) is 0 Å². The Kier molecular flexibility index (Phi) is 4.08. The Morgan fingerprint density at radius 1 is 1.12 bits per heavy atom. The summed E-state index contributed by atoms with van der Waals surface area (Å²) in [6.45, 7) is 2.25. The lowest BCUT2D eigenvalue weighted by Crippen LogP contribution is -2.45. The molecule has 2 aliphatic rings. The number of carbonyl (C=O) groups excluding carboxylic acids is 1. The van der Waals surface area contributed by atoms with Crippen molar-refractivity contribution in [2.45, 2.75) is 24.3 Å². The number of nitrogens with zero attached hydrogens (tertiary/aromatic N) is 1. The monoisotopic (exact) mass is 374 g/mol. The number of amides is 1. The summed E-state index contributed by atoms with van der Waals surface area (Å²) in [7, 11) is -3.74. The van der Waals surface area contributed by atoms with Crippen LogP contribution in [0.2, 0.25) is 0 Å². The largest absolute Gasteiger partial charge is 0.325 e. The van der Waals surface area contributed by atoms with E-state index in [2.05, 4.69) is 5.32 Å². The average molecular weight is 374 g/mol.